The van der Waals surface area contributed by atoms with Crippen LogP contribution in [-0.2, 0) is 16.6 Å². The predicted molar refractivity (Wildman–Crippen MR) is 97.0 cm³/mol. The first-order valence-electron chi connectivity index (χ1n) is 7.20. The molecule has 0 fully saturated rings. The zero-order valence-corrected chi connectivity index (χ0v) is 15.5. The number of aromatic nitrogens is 2. The summed E-state index contributed by atoms with van der Waals surface area (Å²) in [6.45, 7) is -0.0970. The highest BCUT2D eigenvalue weighted by molar-refractivity contribution is 7.98. The van der Waals surface area contributed by atoms with Crippen molar-refractivity contribution in [2.24, 2.45) is 0 Å². The molecule has 1 heterocycles. The highest BCUT2D eigenvalue weighted by atomic mass is 35.5. The van der Waals surface area contributed by atoms with Crippen molar-refractivity contribution in [2.75, 3.05) is 6.26 Å². The van der Waals surface area contributed by atoms with Gasteiger partial charge < -0.3 is 4.52 Å². The molecule has 0 aliphatic rings. The minimum absolute atomic E-state index is 0.0970. The lowest BCUT2D eigenvalue weighted by molar-refractivity contribution is 0.376. The summed E-state index contributed by atoms with van der Waals surface area (Å²) in [6, 6.07) is 13.6. The Bertz CT molecular complexity index is 972. The van der Waals surface area contributed by atoms with Crippen LogP contribution in [0.4, 0.5) is 0 Å². The van der Waals surface area contributed by atoms with Gasteiger partial charge in [0.2, 0.25) is 21.7 Å². The Morgan fingerprint density at radius 2 is 1.96 bits per heavy atom. The molecule has 9 heteroatoms. The molecule has 0 radical (unpaired) electrons. The van der Waals surface area contributed by atoms with Gasteiger partial charge in [-0.05, 0) is 42.7 Å². The van der Waals surface area contributed by atoms with Gasteiger partial charge >= 0.3 is 0 Å². The Morgan fingerprint density at radius 1 is 1.20 bits per heavy atom. The number of benzene rings is 2. The number of nitrogens with one attached hydrogen (secondary N) is 1. The number of hydrogen-bond donors (Lipinski definition) is 1. The molecule has 0 aliphatic carbocycles. The Kier molecular flexibility index (Phi) is 5.43. The van der Waals surface area contributed by atoms with Crippen molar-refractivity contribution in [2.45, 2.75) is 16.3 Å². The molecule has 0 unspecified atom stereocenters. The molecule has 0 bridgehead atoms. The average Bonchev–Trinajstić information content (AvgIpc) is 3.09. The molecule has 25 heavy (non-hydrogen) atoms. The van der Waals surface area contributed by atoms with Crippen LogP contribution in [0.2, 0.25) is 5.02 Å². The van der Waals surface area contributed by atoms with Crippen LogP contribution in [-0.4, -0.2) is 24.8 Å². The second-order valence-corrected chi connectivity index (χ2v) is 8.11. The van der Waals surface area contributed by atoms with E-state index in [1.165, 1.54) is 0 Å². The van der Waals surface area contributed by atoms with Crippen molar-refractivity contribution in [3.63, 3.8) is 0 Å². The molecule has 0 spiro atoms. The molecule has 0 atom stereocenters. The monoisotopic (exact) mass is 395 g/mol. The van der Waals surface area contributed by atoms with Crippen LogP contribution in [0.15, 0.2) is 62.8 Å². The van der Waals surface area contributed by atoms with Gasteiger partial charge in [0, 0.05) is 15.5 Å². The quantitative estimate of drug-likeness (QED) is 0.642. The molecule has 1 aromatic heterocycles. The van der Waals surface area contributed by atoms with Gasteiger partial charge in [0.15, 0.2) is 0 Å². The van der Waals surface area contributed by atoms with E-state index in [9.17, 15) is 8.42 Å². The van der Waals surface area contributed by atoms with Gasteiger partial charge in [-0.1, -0.05) is 28.9 Å². The first-order chi connectivity index (χ1) is 12.0. The normalized spacial score (nSPS) is 11.6. The molecule has 2 aromatic carbocycles. The van der Waals surface area contributed by atoms with Crippen molar-refractivity contribution in [1.82, 2.24) is 14.9 Å². The van der Waals surface area contributed by atoms with E-state index in [0.717, 1.165) is 4.90 Å². The number of hydrogen-bond acceptors (Lipinski definition) is 6. The summed E-state index contributed by atoms with van der Waals surface area (Å²) in [7, 11) is -3.65. The zero-order chi connectivity index (χ0) is 17.9. The van der Waals surface area contributed by atoms with Crippen LogP contribution in [0, 0.1) is 0 Å². The highest BCUT2D eigenvalue weighted by Gasteiger charge is 2.16. The summed E-state index contributed by atoms with van der Waals surface area (Å²) < 4.78 is 32.1. The van der Waals surface area contributed by atoms with Crippen molar-refractivity contribution < 1.29 is 12.9 Å². The van der Waals surface area contributed by atoms with Crippen molar-refractivity contribution in [3.8, 4) is 11.4 Å². The van der Waals surface area contributed by atoms with Crippen LogP contribution in [0.3, 0.4) is 0 Å². The second-order valence-electron chi connectivity index (χ2n) is 5.02. The first-order valence-corrected chi connectivity index (χ1v) is 10.3. The lowest BCUT2D eigenvalue weighted by Gasteiger charge is -2.05. The third-order valence-electron chi connectivity index (χ3n) is 3.33. The molecular formula is C16H14ClN3O3S2. The zero-order valence-electron chi connectivity index (χ0n) is 13.1. The molecule has 130 valence electrons. The SMILES string of the molecule is CSc1ccc(S(=O)(=O)NCc2nc(-c3cccc(Cl)c3)no2)cc1. The summed E-state index contributed by atoms with van der Waals surface area (Å²) >= 11 is 7.47. The molecule has 0 saturated heterocycles. The minimum Gasteiger partial charge on any atom is -0.338 e. The third kappa shape index (κ3) is 4.40. The van der Waals surface area contributed by atoms with Crippen molar-refractivity contribution in [1.29, 1.82) is 0 Å². The number of sulfonamides is 1. The number of thioether (sulfide) groups is 1. The molecule has 3 aromatic rings. The van der Waals surface area contributed by atoms with E-state index in [1.807, 2.05) is 6.26 Å². The van der Waals surface area contributed by atoms with E-state index in [4.69, 9.17) is 16.1 Å². The summed E-state index contributed by atoms with van der Waals surface area (Å²) in [5.41, 5.74) is 0.693. The van der Waals surface area contributed by atoms with Crippen LogP contribution in [0.5, 0.6) is 0 Å². The van der Waals surface area contributed by atoms with E-state index < -0.39 is 10.0 Å². The van der Waals surface area contributed by atoms with E-state index >= 15 is 0 Å². The molecule has 6 nitrogen and oxygen atoms in total. The Morgan fingerprint density at radius 3 is 2.64 bits per heavy atom. The van der Waals surface area contributed by atoms with Gasteiger partial charge in [-0.25, -0.2) is 13.1 Å². The van der Waals surface area contributed by atoms with Gasteiger partial charge in [-0.3, -0.25) is 0 Å². The Labute approximate surface area is 154 Å². The van der Waals surface area contributed by atoms with Crippen LogP contribution < -0.4 is 4.72 Å². The molecule has 0 amide bonds. The number of halogens is 1. The lowest BCUT2D eigenvalue weighted by atomic mass is 10.2. The Hall–Kier alpha value is -1.87. The summed E-state index contributed by atoms with van der Waals surface area (Å²) in [6.07, 6.45) is 1.93. The maximum atomic E-state index is 12.3. The van der Waals surface area contributed by atoms with Crippen molar-refractivity contribution in [3.05, 3.63) is 59.4 Å². The molecule has 0 aliphatic heterocycles. The highest BCUT2D eigenvalue weighted by Crippen LogP contribution is 2.20. The molecular weight excluding hydrogens is 382 g/mol. The van der Waals surface area contributed by atoms with Crippen LogP contribution in [0.25, 0.3) is 11.4 Å². The lowest BCUT2D eigenvalue weighted by Crippen LogP contribution is -2.23. The van der Waals surface area contributed by atoms with Gasteiger partial charge in [0.25, 0.3) is 0 Å². The third-order valence-corrected chi connectivity index (χ3v) is 5.73. The summed E-state index contributed by atoms with van der Waals surface area (Å²) in [4.78, 5) is 5.35. The van der Waals surface area contributed by atoms with E-state index in [2.05, 4.69) is 14.9 Å². The molecule has 3 rings (SSSR count). The summed E-state index contributed by atoms with van der Waals surface area (Å²) in [5, 5.41) is 4.40. The predicted octanol–water partition coefficient (Wildman–Crippen LogP) is 3.59. The van der Waals surface area contributed by atoms with E-state index in [1.54, 1.807) is 60.3 Å². The van der Waals surface area contributed by atoms with Gasteiger partial charge in [0.1, 0.15) is 0 Å². The fraction of sp³-hybridized carbons (Fsp3) is 0.125. The van der Waals surface area contributed by atoms with E-state index in [-0.39, 0.29) is 17.3 Å². The maximum Gasteiger partial charge on any atom is 0.242 e. The van der Waals surface area contributed by atoms with Crippen molar-refractivity contribution >= 4 is 33.4 Å². The van der Waals surface area contributed by atoms with Gasteiger partial charge in [-0.15, -0.1) is 11.8 Å². The maximum absolute atomic E-state index is 12.3. The van der Waals surface area contributed by atoms with E-state index in [0.29, 0.717) is 16.4 Å². The minimum atomic E-state index is -3.65. The fourth-order valence-corrected chi connectivity index (χ4v) is 3.64. The molecule has 1 N–H and O–H groups in total. The first kappa shape index (κ1) is 17.9. The average molecular weight is 396 g/mol. The smallest absolute Gasteiger partial charge is 0.242 e. The fourth-order valence-electron chi connectivity index (χ4n) is 2.07. The number of rotatable bonds is 6. The second kappa shape index (κ2) is 7.57. The van der Waals surface area contributed by atoms with Crippen LogP contribution in [0.1, 0.15) is 5.89 Å². The van der Waals surface area contributed by atoms with Crippen LogP contribution >= 0.6 is 23.4 Å². The number of nitrogens with zero attached hydrogens (tertiary/aromatic N) is 2. The largest absolute Gasteiger partial charge is 0.338 e. The summed E-state index contributed by atoms with van der Waals surface area (Å²) in [5.74, 6) is 0.514. The Balaban J connectivity index is 1.70. The topological polar surface area (TPSA) is 85.1 Å². The van der Waals surface area contributed by atoms with Gasteiger partial charge in [-0.2, -0.15) is 4.98 Å². The molecule has 0 saturated carbocycles. The van der Waals surface area contributed by atoms with Gasteiger partial charge in [0.05, 0.1) is 11.4 Å². The standard InChI is InChI=1S/C16H14ClN3O3S2/c1-24-13-5-7-14(8-6-13)25(21,22)18-10-15-19-16(20-23-15)11-3-2-4-12(17)9-11/h2-9,18H,10H2,1H3.